The van der Waals surface area contributed by atoms with Crippen LogP contribution in [0.2, 0.25) is 0 Å². The molecule has 0 aromatic heterocycles. The fourth-order valence-electron chi connectivity index (χ4n) is 7.27. The van der Waals surface area contributed by atoms with Crippen molar-refractivity contribution in [3.8, 4) is 11.5 Å². The SMILES string of the molecule is COc1ccc(N2CN3O[C@@]4(CC[C@H]5C[C@H]4C5(C)C)C[C@]3(c3cccc(OC)c3)C2)cc1. The quantitative estimate of drug-likeness (QED) is 0.660. The Bertz CT molecular complexity index is 1020. The molecule has 5 nitrogen and oxygen atoms in total. The second-order valence-electron chi connectivity index (χ2n) is 10.9. The second kappa shape index (κ2) is 6.88. The van der Waals surface area contributed by atoms with Crippen LogP contribution in [0.15, 0.2) is 48.5 Å². The summed E-state index contributed by atoms with van der Waals surface area (Å²) in [5.74, 6) is 3.29. The topological polar surface area (TPSA) is 34.2 Å². The first-order chi connectivity index (χ1) is 15.4. The highest BCUT2D eigenvalue weighted by atomic mass is 16.7. The Morgan fingerprint density at radius 3 is 2.47 bits per heavy atom. The molecular weight excluding hydrogens is 400 g/mol. The van der Waals surface area contributed by atoms with Gasteiger partial charge in [-0.2, -0.15) is 5.06 Å². The Labute approximate surface area is 191 Å². The number of ether oxygens (including phenoxy) is 2. The van der Waals surface area contributed by atoms with Gasteiger partial charge in [-0.25, -0.2) is 0 Å². The molecule has 0 unspecified atom stereocenters. The van der Waals surface area contributed by atoms with Crippen molar-refractivity contribution >= 4 is 5.69 Å². The van der Waals surface area contributed by atoms with E-state index in [4.69, 9.17) is 14.3 Å². The molecule has 1 spiro atoms. The van der Waals surface area contributed by atoms with Crippen LogP contribution in [0.25, 0.3) is 0 Å². The summed E-state index contributed by atoms with van der Waals surface area (Å²) < 4.78 is 11.0. The van der Waals surface area contributed by atoms with Crippen molar-refractivity contribution in [2.45, 2.75) is 50.7 Å². The predicted octanol–water partition coefficient (Wildman–Crippen LogP) is 5.21. The van der Waals surface area contributed by atoms with E-state index in [1.807, 2.05) is 18.2 Å². The van der Waals surface area contributed by atoms with E-state index in [1.54, 1.807) is 14.2 Å². The van der Waals surface area contributed by atoms with Crippen molar-refractivity contribution < 1.29 is 14.3 Å². The zero-order valence-corrected chi connectivity index (χ0v) is 19.6. The zero-order valence-electron chi connectivity index (χ0n) is 19.6. The molecular formula is C27H34N2O3. The summed E-state index contributed by atoms with van der Waals surface area (Å²) in [6, 6.07) is 17.0. The molecule has 3 aliphatic carbocycles. The summed E-state index contributed by atoms with van der Waals surface area (Å²) in [5, 5.41) is 2.31. The van der Waals surface area contributed by atoms with E-state index in [1.165, 1.54) is 30.5 Å². The maximum atomic E-state index is 7.05. The number of methoxy groups -OCH3 is 2. The predicted molar refractivity (Wildman–Crippen MR) is 125 cm³/mol. The van der Waals surface area contributed by atoms with Crippen LogP contribution in [0.1, 0.15) is 45.1 Å². The van der Waals surface area contributed by atoms with Gasteiger partial charge in [0.15, 0.2) is 0 Å². The molecule has 5 aliphatic rings. The number of hydrogen-bond donors (Lipinski definition) is 0. The fourth-order valence-corrected chi connectivity index (χ4v) is 7.27. The summed E-state index contributed by atoms with van der Waals surface area (Å²) in [5.41, 5.74) is 2.65. The van der Waals surface area contributed by atoms with Gasteiger partial charge in [0.05, 0.1) is 32.0 Å². The maximum absolute atomic E-state index is 7.05. The molecule has 2 aliphatic heterocycles. The van der Waals surface area contributed by atoms with Crippen molar-refractivity contribution in [3.63, 3.8) is 0 Å². The summed E-state index contributed by atoms with van der Waals surface area (Å²) in [7, 11) is 3.46. The Morgan fingerprint density at radius 2 is 1.78 bits per heavy atom. The summed E-state index contributed by atoms with van der Waals surface area (Å²) in [6.07, 6.45) is 4.82. The van der Waals surface area contributed by atoms with E-state index in [2.05, 4.69) is 54.1 Å². The van der Waals surface area contributed by atoms with E-state index < -0.39 is 0 Å². The van der Waals surface area contributed by atoms with Crippen LogP contribution in [0.3, 0.4) is 0 Å². The van der Waals surface area contributed by atoms with E-state index in [9.17, 15) is 0 Å². The van der Waals surface area contributed by atoms with Gasteiger partial charge in [0.25, 0.3) is 0 Å². The van der Waals surface area contributed by atoms with Gasteiger partial charge in [-0.05, 0) is 78.5 Å². The van der Waals surface area contributed by atoms with Crippen LogP contribution < -0.4 is 14.4 Å². The van der Waals surface area contributed by atoms with Gasteiger partial charge in [-0.1, -0.05) is 26.0 Å². The average Bonchev–Trinajstić information content (AvgIpc) is 3.31. The van der Waals surface area contributed by atoms with Crippen LogP contribution in [-0.4, -0.2) is 38.1 Å². The van der Waals surface area contributed by atoms with Gasteiger partial charge < -0.3 is 14.4 Å². The standard InChI is InChI=1S/C27H34N2O3/c1-25(2)19-12-13-27(24(25)15-19)16-26(20-6-5-7-23(14-20)31-4)17-28(18-29(26)32-27)21-8-10-22(30-3)11-9-21/h5-11,14,19,24H,12-13,15-18H2,1-4H3/t19-,24-,26+,27-/m0/s1. The van der Waals surface area contributed by atoms with Crippen molar-refractivity contribution in [2.75, 3.05) is 32.3 Å². The lowest BCUT2D eigenvalue weighted by atomic mass is 9.43. The van der Waals surface area contributed by atoms with Gasteiger partial charge in [-0.3, -0.25) is 4.84 Å². The number of hydrogen-bond acceptors (Lipinski definition) is 5. The number of rotatable bonds is 4. The number of fused-ring (bicyclic) bond motifs is 2. The van der Waals surface area contributed by atoms with E-state index >= 15 is 0 Å². The summed E-state index contributed by atoms with van der Waals surface area (Å²) in [4.78, 5) is 9.49. The third-order valence-electron chi connectivity index (χ3n) is 9.18. The average molecular weight is 435 g/mol. The fraction of sp³-hybridized carbons (Fsp3) is 0.556. The number of nitrogens with zero attached hydrogens (tertiary/aromatic N) is 2. The Hall–Kier alpha value is -2.24. The van der Waals surface area contributed by atoms with E-state index in [0.29, 0.717) is 11.3 Å². The summed E-state index contributed by atoms with van der Waals surface area (Å²) >= 11 is 0. The molecule has 2 bridgehead atoms. The normalized spacial score (nSPS) is 34.9. The molecule has 7 rings (SSSR count). The van der Waals surface area contributed by atoms with Gasteiger partial charge in [-0.15, -0.1) is 0 Å². The van der Waals surface area contributed by atoms with Crippen molar-refractivity contribution in [1.29, 1.82) is 0 Å². The first-order valence-corrected chi connectivity index (χ1v) is 11.9. The lowest BCUT2D eigenvalue weighted by Crippen LogP contribution is -2.62. The first kappa shape index (κ1) is 20.4. The lowest BCUT2D eigenvalue weighted by molar-refractivity contribution is -0.285. The Kier molecular flexibility index (Phi) is 4.38. The molecule has 3 saturated carbocycles. The molecule has 2 aromatic carbocycles. The highest BCUT2D eigenvalue weighted by Gasteiger charge is 2.69. The molecule has 2 saturated heterocycles. The molecule has 5 heteroatoms. The molecule has 170 valence electrons. The first-order valence-electron chi connectivity index (χ1n) is 11.9. The highest BCUT2D eigenvalue weighted by molar-refractivity contribution is 5.52. The third-order valence-corrected chi connectivity index (χ3v) is 9.18. The van der Waals surface area contributed by atoms with Gasteiger partial charge in [0.2, 0.25) is 0 Å². The molecule has 5 fully saturated rings. The number of anilines is 1. The van der Waals surface area contributed by atoms with Crippen molar-refractivity contribution in [3.05, 3.63) is 54.1 Å². The molecule has 32 heavy (non-hydrogen) atoms. The van der Waals surface area contributed by atoms with Gasteiger partial charge in [0, 0.05) is 18.7 Å². The molecule has 0 radical (unpaired) electrons. The zero-order chi connectivity index (χ0) is 22.1. The third kappa shape index (κ3) is 2.70. The minimum atomic E-state index is -0.174. The van der Waals surface area contributed by atoms with Gasteiger partial charge in [0.1, 0.15) is 11.5 Å². The second-order valence-corrected chi connectivity index (χ2v) is 10.9. The van der Waals surface area contributed by atoms with Crippen LogP contribution >= 0.6 is 0 Å². The largest absolute Gasteiger partial charge is 0.497 e. The van der Waals surface area contributed by atoms with Gasteiger partial charge >= 0.3 is 0 Å². The van der Waals surface area contributed by atoms with Crippen LogP contribution in [-0.2, 0) is 10.4 Å². The molecule has 0 N–H and O–H groups in total. The molecule has 0 amide bonds. The number of benzene rings is 2. The van der Waals surface area contributed by atoms with Crippen molar-refractivity contribution in [2.24, 2.45) is 17.3 Å². The van der Waals surface area contributed by atoms with E-state index in [-0.39, 0.29) is 11.1 Å². The summed E-state index contributed by atoms with van der Waals surface area (Å²) in [6.45, 7) is 6.59. The Balaban J connectivity index is 1.38. The monoisotopic (exact) mass is 434 g/mol. The van der Waals surface area contributed by atoms with Crippen LogP contribution in [0.4, 0.5) is 5.69 Å². The van der Waals surface area contributed by atoms with Crippen LogP contribution in [0.5, 0.6) is 11.5 Å². The van der Waals surface area contributed by atoms with E-state index in [0.717, 1.165) is 37.1 Å². The van der Waals surface area contributed by atoms with Crippen LogP contribution in [0, 0.1) is 17.3 Å². The minimum absolute atomic E-state index is 0.0483. The molecule has 2 aromatic rings. The molecule has 2 heterocycles. The minimum Gasteiger partial charge on any atom is -0.497 e. The lowest BCUT2D eigenvalue weighted by Gasteiger charge is -2.63. The number of hydroxylamine groups is 2. The maximum Gasteiger partial charge on any atom is 0.119 e. The Morgan fingerprint density at radius 1 is 1.00 bits per heavy atom. The smallest absolute Gasteiger partial charge is 0.119 e. The van der Waals surface area contributed by atoms with Crippen molar-refractivity contribution in [1.82, 2.24) is 5.06 Å². The highest BCUT2D eigenvalue weighted by Crippen LogP contribution is 2.69. The molecule has 4 atom stereocenters.